The largest absolute Gasteiger partial charge is 0.397 e. The van der Waals surface area contributed by atoms with Crippen molar-refractivity contribution in [2.45, 2.75) is 6.10 Å². The number of aromatic nitrogens is 1. The predicted molar refractivity (Wildman–Crippen MR) is 75.6 cm³/mol. The summed E-state index contributed by atoms with van der Waals surface area (Å²) in [7, 11) is 0. The number of carbonyl (C=O) groups excluding carboxylic acids is 1. The molecule has 0 radical (unpaired) electrons. The van der Waals surface area contributed by atoms with Crippen LogP contribution in [0, 0.1) is 0 Å². The van der Waals surface area contributed by atoms with E-state index in [1.54, 1.807) is 12.1 Å². The molecule has 1 amide bonds. The summed E-state index contributed by atoms with van der Waals surface area (Å²) >= 11 is 0. The first-order valence-electron chi connectivity index (χ1n) is 6.59. The van der Waals surface area contributed by atoms with Gasteiger partial charge in [-0.25, -0.2) is 0 Å². The fourth-order valence-corrected chi connectivity index (χ4v) is 2.26. The minimum Gasteiger partial charge on any atom is -0.397 e. The number of carbonyl (C=O) groups is 1. The number of nitrogen functional groups attached to an aromatic ring is 1. The normalized spacial score (nSPS) is 19.1. The van der Waals surface area contributed by atoms with Crippen molar-refractivity contribution in [3.8, 4) is 0 Å². The molecule has 4 N–H and O–H groups in total. The Kier molecular flexibility index (Phi) is 3.58. The minimum atomic E-state index is -0.172. The van der Waals surface area contributed by atoms with Gasteiger partial charge in [-0.15, -0.1) is 0 Å². The van der Waals surface area contributed by atoms with Crippen molar-refractivity contribution in [1.29, 1.82) is 0 Å². The topological polar surface area (TPSA) is 89.4 Å². The van der Waals surface area contributed by atoms with Gasteiger partial charge in [-0.3, -0.25) is 4.79 Å². The fraction of sp³-hybridized carbons (Fsp3) is 0.357. The summed E-state index contributed by atoms with van der Waals surface area (Å²) in [5.74, 6) is -0.172. The van der Waals surface area contributed by atoms with E-state index >= 15 is 0 Å². The number of hydrogen-bond donors (Lipinski definition) is 3. The van der Waals surface area contributed by atoms with E-state index in [9.17, 15) is 4.79 Å². The average Bonchev–Trinajstić information content (AvgIpc) is 2.91. The molecule has 1 saturated heterocycles. The molecule has 1 atom stereocenters. The quantitative estimate of drug-likeness (QED) is 0.726. The Morgan fingerprint density at radius 2 is 2.35 bits per heavy atom. The van der Waals surface area contributed by atoms with E-state index in [1.807, 2.05) is 12.1 Å². The first-order valence-corrected chi connectivity index (χ1v) is 6.59. The Morgan fingerprint density at radius 3 is 3.10 bits per heavy atom. The molecule has 1 fully saturated rings. The minimum absolute atomic E-state index is 0.0813. The maximum atomic E-state index is 12.1. The highest BCUT2D eigenvalue weighted by Gasteiger charge is 2.16. The van der Waals surface area contributed by atoms with Crippen LogP contribution >= 0.6 is 0 Å². The zero-order chi connectivity index (χ0) is 13.9. The molecule has 0 bridgehead atoms. The summed E-state index contributed by atoms with van der Waals surface area (Å²) in [6.45, 7) is 2.14. The molecule has 6 nitrogen and oxygen atoms in total. The number of anilines is 1. The zero-order valence-electron chi connectivity index (χ0n) is 11.0. The van der Waals surface area contributed by atoms with Gasteiger partial charge in [0, 0.05) is 11.9 Å². The van der Waals surface area contributed by atoms with Gasteiger partial charge in [-0.2, -0.15) is 0 Å². The smallest absolute Gasteiger partial charge is 0.267 e. The van der Waals surface area contributed by atoms with Crippen LogP contribution in [0.5, 0.6) is 0 Å². The zero-order valence-corrected chi connectivity index (χ0v) is 11.0. The summed E-state index contributed by atoms with van der Waals surface area (Å²) < 4.78 is 10.8. The van der Waals surface area contributed by atoms with Crippen LogP contribution in [-0.4, -0.2) is 43.4 Å². The van der Waals surface area contributed by atoms with Crippen LogP contribution in [0.2, 0.25) is 0 Å². The van der Waals surface area contributed by atoms with Crippen molar-refractivity contribution in [3.63, 3.8) is 0 Å². The van der Waals surface area contributed by atoms with Gasteiger partial charge in [0.05, 0.1) is 37.1 Å². The molecule has 1 aliphatic rings. The molecular formula is C14H17N3O3. The lowest BCUT2D eigenvalue weighted by atomic mass is 10.2. The van der Waals surface area contributed by atoms with Crippen LogP contribution in [0.15, 0.2) is 24.3 Å². The Labute approximate surface area is 116 Å². The number of H-pyrrole nitrogens is 1. The number of nitrogens with one attached hydrogen (secondary N) is 2. The Hall–Kier alpha value is -2.05. The molecule has 1 unspecified atom stereocenters. The van der Waals surface area contributed by atoms with E-state index in [0.717, 1.165) is 10.9 Å². The van der Waals surface area contributed by atoms with E-state index in [4.69, 9.17) is 15.2 Å². The second kappa shape index (κ2) is 5.52. The summed E-state index contributed by atoms with van der Waals surface area (Å²) in [6, 6.07) is 7.37. The number of amides is 1. The monoisotopic (exact) mass is 275 g/mol. The molecule has 2 heterocycles. The summed E-state index contributed by atoms with van der Waals surface area (Å²) in [4.78, 5) is 15.1. The first kappa shape index (κ1) is 13.0. The van der Waals surface area contributed by atoms with Crippen LogP contribution in [0.4, 0.5) is 5.69 Å². The van der Waals surface area contributed by atoms with Crippen LogP contribution < -0.4 is 11.1 Å². The van der Waals surface area contributed by atoms with Crippen molar-refractivity contribution < 1.29 is 14.3 Å². The van der Waals surface area contributed by atoms with Gasteiger partial charge in [-0.05, 0) is 12.1 Å². The molecule has 2 aromatic rings. The number of para-hydroxylation sites is 1. The molecule has 20 heavy (non-hydrogen) atoms. The fourth-order valence-electron chi connectivity index (χ4n) is 2.26. The molecule has 0 aliphatic carbocycles. The Morgan fingerprint density at radius 1 is 1.45 bits per heavy atom. The lowest BCUT2D eigenvalue weighted by Crippen LogP contribution is -2.39. The maximum Gasteiger partial charge on any atom is 0.267 e. The number of fused-ring (bicyclic) bond motifs is 1. The van der Waals surface area contributed by atoms with E-state index < -0.39 is 0 Å². The van der Waals surface area contributed by atoms with Gasteiger partial charge in [-0.1, -0.05) is 12.1 Å². The number of hydrogen-bond acceptors (Lipinski definition) is 4. The molecule has 1 aromatic carbocycles. The van der Waals surface area contributed by atoms with Gasteiger partial charge in [0.1, 0.15) is 5.69 Å². The molecule has 0 spiro atoms. The number of rotatable bonds is 3. The Balaban J connectivity index is 1.67. The highest BCUT2D eigenvalue weighted by Crippen LogP contribution is 2.20. The van der Waals surface area contributed by atoms with Crippen LogP contribution in [0.25, 0.3) is 10.9 Å². The van der Waals surface area contributed by atoms with E-state index in [1.165, 1.54) is 0 Å². The Bertz CT molecular complexity index is 617. The third kappa shape index (κ3) is 2.61. The molecule has 1 aromatic heterocycles. The molecular weight excluding hydrogens is 258 g/mol. The van der Waals surface area contributed by atoms with Gasteiger partial charge in [0.2, 0.25) is 0 Å². The maximum absolute atomic E-state index is 12.1. The lowest BCUT2D eigenvalue weighted by Gasteiger charge is -2.22. The van der Waals surface area contributed by atoms with E-state index in [0.29, 0.717) is 37.7 Å². The van der Waals surface area contributed by atoms with Gasteiger partial charge >= 0.3 is 0 Å². The number of nitrogens with two attached hydrogens (primary N) is 1. The van der Waals surface area contributed by atoms with E-state index in [2.05, 4.69) is 10.3 Å². The van der Waals surface area contributed by atoms with E-state index in [-0.39, 0.29) is 12.0 Å². The summed E-state index contributed by atoms with van der Waals surface area (Å²) in [5, 5.41) is 3.76. The predicted octanol–water partition coefficient (Wildman–Crippen LogP) is 0.895. The highest BCUT2D eigenvalue weighted by atomic mass is 16.6. The molecule has 3 rings (SSSR count). The molecule has 0 saturated carbocycles. The van der Waals surface area contributed by atoms with Crippen LogP contribution in [-0.2, 0) is 9.47 Å². The number of benzene rings is 1. The standard InChI is InChI=1S/C14H17N3O3/c15-11-3-1-2-9-6-12(17-13(9)11)14(18)16-7-10-8-19-4-5-20-10/h1-3,6,10,17H,4-5,7-8,15H2,(H,16,18). The molecule has 106 valence electrons. The first-order chi connectivity index (χ1) is 9.74. The van der Waals surface area contributed by atoms with Crippen molar-refractivity contribution in [1.82, 2.24) is 10.3 Å². The highest BCUT2D eigenvalue weighted by molar-refractivity contribution is 6.00. The second-order valence-electron chi connectivity index (χ2n) is 4.77. The average molecular weight is 275 g/mol. The second-order valence-corrected chi connectivity index (χ2v) is 4.77. The third-order valence-electron chi connectivity index (χ3n) is 3.31. The van der Waals surface area contributed by atoms with Gasteiger partial charge in [0.15, 0.2) is 0 Å². The number of ether oxygens (including phenoxy) is 2. The summed E-state index contributed by atoms with van der Waals surface area (Å²) in [5.41, 5.74) is 7.77. The summed E-state index contributed by atoms with van der Waals surface area (Å²) in [6.07, 6.45) is -0.0813. The van der Waals surface area contributed by atoms with Crippen molar-refractivity contribution >= 4 is 22.5 Å². The van der Waals surface area contributed by atoms with Crippen molar-refractivity contribution in [2.75, 3.05) is 32.1 Å². The van der Waals surface area contributed by atoms with Gasteiger partial charge < -0.3 is 25.5 Å². The lowest BCUT2D eigenvalue weighted by molar-refractivity contribution is -0.0855. The van der Waals surface area contributed by atoms with Crippen molar-refractivity contribution in [2.24, 2.45) is 0 Å². The number of aromatic amines is 1. The SMILES string of the molecule is Nc1cccc2cc(C(=O)NCC3COCCO3)[nH]c12. The molecule has 6 heteroatoms. The third-order valence-corrected chi connectivity index (χ3v) is 3.31. The van der Waals surface area contributed by atoms with Gasteiger partial charge in [0.25, 0.3) is 5.91 Å². The van der Waals surface area contributed by atoms with Crippen LogP contribution in [0.1, 0.15) is 10.5 Å². The molecule has 1 aliphatic heterocycles. The van der Waals surface area contributed by atoms with Crippen LogP contribution in [0.3, 0.4) is 0 Å². The van der Waals surface area contributed by atoms with Crippen molar-refractivity contribution in [3.05, 3.63) is 30.0 Å².